The third kappa shape index (κ3) is 4.17. The minimum Gasteiger partial charge on any atom is -0.321 e. The highest BCUT2D eigenvalue weighted by Gasteiger charge is 2.17. The number of rotatable bonds is 4. The van der Waals surface area contributed by atoms with Gasteiger partial charge in [-0.15, -0.1) is 0 Å². The number of halogens is 1. The quantitative estimate of drug-likeness (QED) is 0.575. The van der Waals surface area contributed by atoms with Crippen molar-refractivity contribution in [1.82, 2.24) is 0 Å². The van der Waals surface area contributed by atoms with E-state index in [4.69, 9.17) is 11.6 Å². The van der Waals surface area contributed by atoms with Crippen molar-refractivity contribution in [1.29, 1.82) is 0 Å². The summed E-state index contributed by atoms with van der Waals surface area (Å²) in [5.41, 5.74) is 1.82. The van der Waals surface area contributed by atoms with E-state index in [1.165, 1.54) is 61.9 Å². The van der Waals surface area contributed by atoms with Gasteiger partial charge in [-0.25, -0.2) is 0 Å². The zero-order valence-corrected chi connectivity index (χ0v) is 14.5. The van der Waals surface area contributed by atoms with Crippen molar-refractivity contribution in [3.8, 4) is 0 Å². The van der Waals surface area contributed by atoms with E-state index in [1.54, 1.807) is 0 Å². The lowest BCUT2D eigenvalue weighted by Gasteiger charge is -2.22. The topological polar surface area (TPSA) is 72.2 Å². The number of non-ortho nitro benzene ring substituents is 1. The predicted octanol–water partition coefficient (Wildman–Crippen LogP) is 5.55. The summed E-state index contributed by atoms with van der Waals surface area (Å²) in [6, 6.07) is 11.4. The minimum absolute atomic E-state index is 0.119. The van der Waals surface area contributed by atoms with E-state index in [0.717, 1.165) is 0 Å². The molecule has 0 atom stereocenters. The van der Waals surface area contributed by atoms with Crippen LogP contribution in [-0.2, 0) is 0 Å². The Kier molecular flexibility index (Phi) is 5.34. The first-order valence-corrected chi connectivity index (χ1v) is 8.77. The summed E-state index contributed by atoms with van der Waals surface area (Å²) in [5, 5.41) is 14.0. The Morgan fingerprint density at radius 1 is 1.12 bits per heavy atom. The zero-order valence-electron chi connectivity index (χ0n) is 13.7. The molecule has 2 aromatic rings. The Bertz CT molecular complexity index is 801. The molecule has 0 bridgehead atoms. The number of carbonyl (C=O) groups is 1. The van der Waals surface area contributed by atoms with Crippen LogP contribution in [0.2, 0.25) is 5.02 Å². The first kappa shape index (κ1) is 17.4. The minimum atomic E-state index is -0.525. The van der Waals surface area contributed by atoms with Gasteiger partial charge < -0.3 is 5.32 Å². The van der Waals surface area contributed by atoms with Crippen molar-refractivity contribution < 1.29 is 9.72 Å². The molecule has 5 nitrogen and oxygen atoms in total. The average Bonchev–Trinajstić information content (AvgIpc) is 2.64. The van der Waals surface area contributed by atoms with Crippen molar-refractivity contribution in [2.75, 3.05) is 5.32 Å². The van der Waals surface area contributed by atoms with Crippen LogP contribution in [0, 0.1) is 10.1 Å². The molecule has 0 unspecified atom stereocenters. The number of nitro groups is 1. The fourth-order valence-electron chi connectivity index (χ4n) is 3.28. The largest absolute Gasteiger partial charge is 0.321 e. The second-order valence-electron chi connectivity index (χ2n) is 6.34. The Morgan fingerprint density at radius 3 is 2.56 bits per heavy atom. The maximum Gasteiger partial charge on any atom is 0.270 e. The number of carbonyl (C=O) groups excluding carboxylic acids is 1. The van der Waals surface area contributed by atoms with Gasteiger partial charge in [0.15, 0.2) is 0 Å². The maximum atomic E-state index is 12.3. The average molecular weight is 359 g/mol. The molecule has 0 aromatic heterocycles. The van der Waals surface area contributed by atoms with Gasteiger partial charge in [0.05, 0.1) is 15.6 Å². The normalized spacial score (nSPS) is 14.9. The van der Waals surface area contributed by atoms with Crippen LogP contribution in [0.4, 0.5) is 11.4 Å². The fraction of sp³-hybridized carbons (Fsp3) is 0.316. The number of nitrogens with zero attached hydrogens (tertiary/aromatic N) is 1. The molecule has 0 spiro atoms. The van der Waals surface area contributed by atoms with Gasteiger partial charge in [-0.05, 0) is 42.5 Å². The van der Waals surface area contributed by atoms with E-state index in [2.05, 4.69) is 5.32 Å². The predicted molar refractivity (Wildman–Crippen MR) is 98.3 cm³/mol. The number of benzene rings is 2. The molecule has 25 heavy (non-hydrogen) atoms. The second-order valence-corrected chi connectivity index (χ2v) is 6.74. The number of amides is 1. The summed E-state index contributed by atoms with van der Waals surface area (Å²) >= 11 is 6.34. The van der Waals surface area contributed by atoms with Crippen LogP contribution in [0.1, 0.15) is 53.9 Å². The Hall–Kier alpha value is -2.40. The molecule has 1 saturated carbocycles. The van der Waals surface area contributed by atoms with Crippen LogP contribution in [0.3, 0.4) is 0 Å². The van der Waals surface area contributed by atoms with E-state index in [1.807, 2.05) is 18.2 Å². The van der Waals surface area contributed by atoms with Crippen LogP contribution in [0.5, 0.6) is 0 Å². The summed E-state index contributed by atoms with van der Waals surface area (Å²) < 4.78 is 0. The van der Waals surface area contributed by atoms with Crippen molar-refractivity contribution in [3.05, 3.63) is 68.7 Å². The highest BCUT2D eigenvalue weighted by Crippen LogP contribution is 2.35. The van der Waals surface area contributed by atoms with Gasteiger partial charge in [0.2, 0.25) is 0 Å². The summed E-state index contributed by atoms with van der Waals surface area (Å²) in [4.78, 5) is 22.6. The van der Waals surface area contributed by atoms with Crippen LogP contribution in [-0.4, -0.2) is 10.8 Å². The Morgan fingerprint density at radius 2 is 1.88 bits per heavy atom. The Balaban J connectivity index is 1.75. The van der Waals surface area contributed by atoms with Gasteiger partial charge in [-0.3, -0.25) is 14.9 Å². The third-order valence-corrected chi connectivity index (χ3v) is 4.95. The van der Waals surface area contributed by atoms with Crippen LogP contribution in [0.25, 0.3) is 0 Å². The third-order valence-electron chi connectivity index (χ3n) is 4.64. The summed E-state index contributed by atoms with van der Waals surface area (Å²) in [6.45, 7) is 0. The highest BCUT2D eigenvalue weighted by atomic mass is 35.5. The van der Waals surface area contributed by atoms with Gasteiger partial charge in [-0.1, -0.05) is 43.0 Å². The molecule has 1 amide bonds. The second kappa shape index (κ2) is 7.66. The first-order chi connectivity index (χ1) is 12.0. The maximum absolute atomic E-state index is 12.3. The van der Waals surface area contributed by atoms with E-state index >= 15 is 0 Å². The number of hydrogen-bond donors (Lipinski definition) is 1. The molecule has 1 N–H and O–H groups in total. The van der Waals surface area contributed by atoms with E-state index < -0.39 is 10.8 Å². The van der Waals surface area contributed by atoms with Crippen molar-refractivity contribution in [2.45, 2.75) is 38.0 Å². The zero-order chi connectivity index (χ0) is 17.8. The lowest BCUT2D eigenvalue weighted by Crippen LogP contribution is -2.13. The standard InChI is InChI=1S/C19H19ClN2O3/c20-17-12-14(13-5-2-1-3-6-13)9-10-18(17)21-19(23)15-7-4-8-16(11-15)22(24)25/h4,7-13H,1-3,5-6H2,(H,21,23). The summed E-state index contributed by atoms with van der Waals surface area (Å²) in [5.74, 6) is 0.115. The monoisotopic (exact) mass is 358 g/mol. The van der Waals surface area contributed by atoms with Crippen molar-refractivity contribution in [3.63, 3.8) is 0 Å². The molecule has 130 valence electrons. The molecule has 2 aromatic carbocycles. The van der Waals surface area contributed by atoms with Gasteiger partial charge >= 0.3 is 0 Å². The molecule has 0 radical (unpaired) electrons. The number of anilines is 1. The fourth-order valence-corrected chi connectivity index (χ4v) is 3.51. The first-order valence-electron chi connectivity index (χ1n) is 8.40. The molecular formula is C19H19ClN2O3. The lowest BCUT2D eigenvalue weighted by atomic mass is 9.84. The molecule has 0 aliphatic heterocycles. The molecule has 6 heteroatoms. The van der Waals surface area contributed by atoms with Crippen molar-refractivity contribution >= 4 is 28.9 Å². The van der Waals surface area contributed by atoms with Gasteiger partial charge in [-0.2, -0.15) is 0 Å². The van der Waals surface area contributed by atoms with Gasteiger partial charge in [0.25, 0.3) is 11.6 Å². The van der Waals surface area contributed by atoms with Crippen LogP contribution >= 0.6 is 11.6 Å². The van der Waals surface area contributed by atoms with E-state index in [-0.39, 0.29) is 11.3 Å². The smallest absolute Gasteiger partial charge is 0.270 e. The summed E-state index contributed by atoms with van der Waals surface area (Å²) in [6.07, 6.45) is 6.13. The molecule has 0 heterocycles. The SMILES string of the molecule is O=C(Nc1ccc(C2CCCCC2)cc1Cl)c1cccc([N+](=O)[O-])c1. The molecule has 0 saturated heterocycles. The Labute approximate surface area is 151 Å². The van der Waals surface area contributed by atoms with Crippen LogP contribution < -0.4 is 5.32 Å². The van der Waals surface area contributed by atoms with Gasteiger partial charge in [0.1, 0.15) is 0 Å². The molecular weight excluding hydrogens is 340 g/mol. The molecule has 3 rings (SSSR count). The molecule has 1 aliphatic rings. The number of nitrogens with one attached hydrogen (secondary N) is 1. The van der Waals surface area contributed by atoms with Gasteiger partial charge in [0, 0.05) is 17.7 Å². The van der Waals surface area contributed by atoms with E-state index in [0.29, 0.717) is 16.6 Å². The van der Waals surface area contributed by atoms with E-state index in [9.17, 15) is 14.9 Å². The summed E-state index contributed by atoms with van der Waals surface area (Å²) in [7, 11) is 0. The highest BCUT2D eigenvalue weighted by molar-refractivity contribution is 6.34. The molecule has 1 aliphatic carbocycles. The lowest BCUT2D eigenvalue weighted by molar-refractivity contribution is -0.384. The van der Waals surface area contributed by atoms with Crippen LogP contribution in [0.15, 0.2) is 42.5 Å². The number of hydrogen-bond acceptors (Lipinski definition) is 3. The van der Waals surface area contributed by atoms with Crippen molar-refractivity contribution in [2.24, 2.45) is 0 Å². The number of nitro benzene ring substituents is 1. The molecule has 1 fully saturated rings.